The molecule has 0 aromatic rings. The van der Waals surface area contributed by atoms with Crippen LogP contribution in [0, 0.1) is 29.1 Å². The van der Waals surface area contributed by atoms with E-state index in [2.05, 4.69) is 33.4 Å². The van der Waals surface area contributed by atoms with Crippen molar-refractivity contribution in [3.63, 3.8) is 0 Å². The predicted octanol–water partition coefficient (Wildman–Crippen LogP) is 4.66. The van der Waals surface area contributed by atoms with Crippen molar-refractivity contribution in [2.75, 3.05) is 0 Å². The average molecular weight is 206 g/mol. The van der Waals surface area contributed by atoms with Crippen LogP contribution in [0.3, 0.4) is 0 Å². The zero-order valence-electron chi connectivity index (χ0n) is 10.6. The van der Waals surface area contributed by atoms with Crippen LogP contribution in [0.1, 0.15) is 52.9 Å². The van der Waals surface area contributed by atoms with Crippen LogP contribution in [0.25, 0.3) is 0 Å². The topological polar surface area (TPSA) is 0 Å². The summed E-state index contributed by atoms with van der Waals surface area (Å²) in [5.41, 5.74) is 0.717. The lowest BCUT2D eigenvalue weighted by Gasteiger charge is -2.41. The van der Waals surface area contributed by atoms with Gasteiger partial charge < -0.3 is 0 Å². The molecule has 0 heterocycles. The van der Waals surface area contributed by atoms with E-state index in [9.17, 15) is 0 Å². The van der Waals surface area contributed by atoms with Crippen molar-refractivity contribution in [1.29, 1.82) is 0 Å². The minimum atomic E-state index is 0.717. The fourth-order valence-corrected chi connectivity index (χ4v) is 3.90. The Balaban J connectivity index is 2.03. The Morgan fingerprint density at radius 3 is 2.47 bits per heavy atom. The largest absolute Gasteiger partial charge is 0.103 e. The smallest absolute Gasteiger partial charge is 0.0151 e. The summed E-state index contributed by atoms with van der Waals surface area (Å²) in [5, 5.41) is 0. The number of rotatable bonds is 3. The highest BCUT2D eigenvalue weighted by Crippen LogP contribution is 2.63. The van der Waals surface area contributed by atoms with Crippen molar-refractivity contribution in [2.45, 2.75) is 52.9 Å². The molecule has 2 aliphatic carbocycles. The molecule has 0 saturated heterocycles. The van der Waals surface area contributed by atoms with E-state index in [4.69, 9.17) is 0 Å². The SMILES string of the molecule is C=CC1C(C)C(CC(C)C)CCC12CC2. The molecule has 0 aromatic heterocycles. The summed E-state index contributed by atoms with van der Waals surface area (Å²) < 4.78 is 0. The fraction of sp³-hybridized carbons (Fsp3) is 0.867. The van der Waals surface area contributed by atoms with Crippen LogP contribution < -0.4 is 0 Å². The maximum absolute atomic E-state index is 4.08. The van der Waals surface area contributed by atoms with E-state index >= 15 is 0 Å². The van der Waals surface area contributed by atoms with Gasteiger partial charge in [0.25, 0.3) is 0 Å². The van der Waals surface area contributed by atoms with Gasteiger partial charge in [-0.1, -0.05) is 26.8 Å². The summed E-state index contributed by atoms with van der Waals surface area (Å²) in [5.74, 6) is 3.51. The highest BCUT2D eigenvalue weighted by atomic mass is 14.6. The van der Waals surface area contributed by atoms with Crippen LogP contribution in [-0.2, 0) is 0 Å². The third kappa shape index (κ3) is 2.00. The molecule has 2 rings (SSSR count). The Morgan fingerprint density at radius 1 is 1.33 bits per heavy atom. The van der Waals surface area contributed by atoms with Crippen LogP contribution in [0.4, 0.5) is 0 Å². The Morgan fingerprint density at radius 2 is 2.00 bits per heavy atom. The first kappa shape index (κ1) is 11.2. The van der Waals surface area contributed by atoms with Crippen molar-refractivity contribution in [3.05, 3.63) is 12.7 Å². The third-order valence-electron chi connectivity index (χ3n) is 4.95. The molecule has 86 valence electrons. The van der Waals surface area contributed by atoms with E-state index < -0.39 is 0 Å². The van der Waals surface area contributed by atoms with Gasteiger partial charge in [-0.3, -0.25) is 0 Å². The van der Waals surface area contributed by atoms with Crippen LogP contribution in [0.5, 0.6) is 0 Å². The van der Waals surface area contributed by atoms with Gasteiger partial charge >= 0.3 is 0 Å². The second kappa shape index (κ2) is 3.96. The zero-order valence-corrected chi connectivity index (χ0v) is 10.6. The van der Waals surface area contributed by atoms with Gasteiger partial charge in [0, 0.05) is 0 Å². The van der Waals surface area contributed by atoms with Crippen LogP contribution in [-0.4, -0.2) is 0 Å². The van der Waals surface area contributed by atoms with Crippen LogP contribution in [0.15, 0.2) is 12.7 Å². The highest BCUT2D eigenvalue weighted by Gasteiger charge is 2.53. The summed E-state index contributed by atoms with van der Waals surface area (Å²) in [6.45, 7) is 11.3. The summed E-state index contributed by atoms with van der Waals surface area (Å²) in [4.78, 5) is 0. The first-order valence-corrected chi connectivity index (χ1v) is 6.71. The molecular weight excluding hydrogens is 180 g/mol. The molecular formula is C15H26. The van der Waals surface area contributed by atoms with E-state index in [0.717, 1.165) is 23.7 Å². The molecule has 0 radical (unpaired) electrons. The second-order valence-corrected chi connectivity index (χ2v) is 6.41. The van der Waals surface area contributed by atoms with E-state index in [-0.39, 0.29) is 0 Å². The van der Waals surface area contributed by atoms with Crippen molar-refractivity contribution >= 4 is 0 Å². The Hall–Kier alpha value is -0.260. The van der Waals surface area contributed by atoms with E-state index in [1.165, 1.54) is 32.1 Å². The molecule has 2 fully saturated rings. The van der Waals surface area contributed by atoms with Crippen molar-refractivity contribution in [3.8, 4) is 0 Å². The predicted molar refractivity (Wildman–Crippen MR) is 66.7 cm³/mol. The normalized spacial score (nSPS) is 38.3. The van der Waals surface area contributed by atoms with E-state index in [1.54, 1.807) is 0 Å². The molecule has 0 amide bonds. The summed E-state index contributed by atoms with van der Waals surface area (Å²) in [6, 6.07) is 0. The Bertz CT molecular complexity index is 234. The van der Waals surface area contributed by atoms with Gasteiger partial charge in [0.05, 0.1) is 0 Å². The van der Waals surface area contributed by atoms with Crippen LogP contribution >= 0.6 is 0 Å². The molecule has 15 heavy (non-hydrogen) atoms. The molecule has 0 aliphatic heterocycles. The number of allylic oxidation sites excluding steroid dienone is 1. The van der Waals surface area contributed by atoms with Gasteiger partial charge in [0.1, 0.15) is 0 Å². The Kier molecular flexibility index (Phi) is 2.96. The minimum Gasteiger partial charge on any atom is -0.103 e. The molecule has 0 heteroatoms. The second-order valence-electron chi connectivity index (χ2n) is 6.41. The molecule has 0 nitrogen and oxygen atoms in total. The van der Waals surface area contributed by atoms with Gasteiger partial charge in [-0.2, -0.15) is 0 Å². The van der Waals surface area contributed by atoms with Crippen LogP contribution in [0.2, 0.25) is 0 Å². The first-order chi connectivity index (χ1) is 7.09. The Labute approximate surface area is 95.1 Å². The molecule has 3 unspecified atom stereocenters. The van der Waals surface area contributed by atoms with E-state index in [1.807, 2.05) is 0 Å². The standard InChI is InChI=1S/C15H26/c1-5-14-12(4)13(10-11(2)3)6-7-15(14)8-9-15/h5,11-14H,1,6-10H2,2-4H3. The molecule has 0 N–H and O–H groups in total. The monoisotopic (exact) mass is 206 g/mol. The molecule has 0 aromatic carbocycles. The van der Waals surface area contributed by atoms with Gasteiger partial charge in [-0.25, -0.2) is 0 Å². The average Bonchev–Trinajstić information content (AvgIpc) is 2.92. The number of hydrogen-bond acceptors (Lipinski definition) is 0. The number of hydrogen-bond donors (Lipinski definition) is 0. The molecule has 3 atom stereocenters. The van der Waals surface area contributed by atoms with Gasteiger partial charge in [-0.15, -0.1) is 6.58 Å². The first-order valence-electron chi connectivity index (χ1n) is 6.71. The maximum atomic E-state index is 4.08. The van der Waals surface area contributed by atoms with Gasteiger partial charge in [0.2, 0.25) is 0 Å². The van der Waals surface area contributed by atoms with Crippen molar-refractivity contribution in [2.24, 2.45) is 29.1 Å². The summed E-state index contributed by atoms with van der Waals surface area (Å²) in [6.07, 6.45) is 9.59. The highest BCUT2D eigenvalue weighted by molar-refractivity contribution is 5.09. The lowest BCUT2D eigenvalue weighted by molar-refractivity contribution is 0.104. The molecule has 0 bridgehead atoms. The van der Waals surface area contributed by atoms with Gasteiger partial charge in [-0.05, 0) is 61.2 Å². The lowest BCUT2D eigenvalue weighted by Crippen LogP contribution is -2.33. The third-order valence-corrected chi connectivity index (χ3v) is 4.95. The fourth-order valence-electron chi connectivity index (χ4n) is 3.90. The summed E-state index contributed by atoms with van der Waals surface area (Å²) in [7, 11) is 0. The lowest BCUT2D eigenvalue weighted by atomic mass is 9.63. The quantitative estimate of drug-likeness (QED) is 0.589. The molecule has 2 aliphatic rings. The van der Waals surface area contributed by atoms with E-state index in [0.29, 0.717) is 5.41 Å². The van der Waals surface area contributed by atoms with Crippen molar-refractivity contribution < 1.29 is 0 Å². The molecule has 2 saturated carbocycles. The van der Waals surface area contributed by atoms with Crippen molar-refractivity contribution in [1.82, 2.24) is 0 Å². The van der Waals surface area contributed by atoms with Gasteiger partial charge in [0.15, 0.2) is 0 Å². The zero-order chi connectivity index (χ0) is 11.1. The molecule has 1 spiro atoms. The minimum absolute atomic E-state index is 0.717. The summed E-state index contributed by atoms with van der Waals surface area (Å²) >= 11 is 0. The maximum Gasteiger partial charge on any atom is -0.0151 e.